The van der Waals surface area contributed by atoms with E-state index in [9.17, 15) is 9.90 Å². The molecule has 0 radical (unpaired) electrons. The number of nitrogens with zero attached hydrogens (tertiary/aromatic N) is 1. The number of hydrogen-bond donors (Lipinski definition) is 1. The molecule has 2 fully saturated rings. The van der Waals surface area contributed by atoms with Crippen molar-refractivity contribution in [2.24, 2.45) is 17.3 Å². The van der Waals surface area contributed by atoms with Gasteiger partial charge in [-0.2, -0.15) is 0 Å². The second-order valence-electron chi connectivity index (χ2n) is 7.89. The third kappa shape index (κ3) is 2.91. The minimum absolute atomic E-state index is 0.0322. The molecule has 0 saturated heterocycles. The van der Waals surface area contributed by atoms with E-state index in [0.717, 1.165) is 32.1 Å². The van der Waals surface area contributed by atoms with Gasteiger partial charge in [-0.15, -0.1) is 11.3 Å². The lowest BCUT2D eigenvalue weighted by Crippen LogP contribution is -2.42. The lowest BCUT2D eigenvalue weighted by atomic mass is 9.55. The minimum atomic E-state index is -0.0322. The molecule has 2 saturated carbocycles. The number of phenols is 1. The van der Waals surface area contributed by atoms with Crippen molar-refractivity contribution in [1.82, 2.24) is 4.98 Å². The van der Waals surface area contributed by atoms with E-state index < -0.39 is 0 Å². The molecule has 0 amide bonds. The van der Waals surface area contributed by atoms with Crippen molar-refractivity contribution in [1.29, 1.82) is 0 Å². The molecule has 3 nitrogen and oxygen atoms in total. The normalized spacial score (nSPS) is 32.8. The Morgan fingerprint density at radius 1 is 1.24 bits per heavy atom. The maximum Gasteiger partial charge on any atom is 0.139 e. The summed E-state index contributed by atoms with van der Waals surface area (Å²) in [5.41, 5.74) is 4.54. The second kappa shape index (κ2) is 6.56. The molecule has 1 aromatic carbocycles. The fourth-order valence-electron chi connectivity index (χ4n) is 5.52. The van der Waals surface area contributed by atoms with E-state index in [-0.39, 0.29) is 5.41 Å². The number of ketones is 1. The maximum atomic E-state index is 12.3. The van der Waals surface area contributed by atoms with Crippen LogP contribution in [-0.4, -0.2) is 15.9 Å². The molecule has 0 bridgehead atoms. The van der Waals surface area contributed by atoms with E-state index in [2.05, 4.69) is 18.0 Å². The van der Waals surface area contributed by atoms with Crippen LogP contribution in [0.2, 0.25) is 0 Å². The van der Waals surface area contributed by atoms with Crippen molar-refractivity contribution in [2.75, 3.05) is 0 Å². The van der Waals surface area contributed by atoms with Gasteiger partial charge in [0.25, 0.3) is 0 Å². The van der Waals surface area contributed by atoms with Crippen LogP contribution in [0, 0.1) is 17.3 Å². The van der Waals surface area contributed by atoms with E-state index in [1.807, 2.05) is 17.5 Å². The molecular formula is C21H25NO2S. The van der Waals surface area contributed by atoms with Gasteiger partial charge >= 0.3 is 0 Å². The molecule has 0 aliphatic heterocycles. The van der Waals surface area contributed by atoms with E-state index in [1.165, 1.54) is 17.5 Å². The molecular weight excluding hydrogens is 330 g/mol. The summed E-state index contributed by atoms with van der Waals surface area (Å²) in [6.07, 6.45) is 8.11. The van der Waals surface area contributed by atoms with Gasteiger partial charge in [0, 0.05) is 23.4 Å². The van der Waals surface area contributed by atoms with Gasteiger partial charge in [0.15, 0.2) is 0 Å². The van der Waals surface area contributed by atoms with E-state index in [4.69, 9.17) is 0 Å². The Kier molecular flexibility index (Phi) is 4.40. The second-order valence-corrected chi connectivity index (χ2v) is 8.65. The Morgan fingerprint density at radius 3 is 2.84 bits per heavy atom. The van der Waals surface area contributed by atoms with Crippen LogP contribution in [0.15, 0.2) is 35.3 Å². The van der Waals surface area contributed by atoms with Gasteiger partial charge in [0.05, 0.1) is 5.51 Å². The summed E-state index contributed by atoms with van der Waals surface area (Å²) in [6, 6.07) is 5.90. The van der Waals surface area contributed by atoms with Crippen LogP contribution in [0.4, 0.5) is 0 Å². The molecule has 4 atom stereocenters. The first-order valence-electron chi connectivity index (χ1n) is 9.27. The topological polar surface area (TPSA) is 50.2 Å². The van der Waals surface area contributed by atoms with Crippen molar-refractivity contribution in [3.8, 4) is 5.75 Å². The maximum absolute atomic E-state index is 12.3. The highest BCUT2D eigenvalue weighted by Crippen LogP contribution is 2.59. The summed E-state index contributed by atoms with van der Waals surface area (Å²) in [6.45, 7) is 2.22. The van der Waals surface area contributed by atoms with Crippen LogP contribution >= 0.6 is 11.3 Å². The average molecular weight is 356 g/mol. The zero-order valence-electron chi connectivity index (χ0n) is 14.6. The third-order valence-corrected chi connectivity index (χ3v) is 7.29. The van der Waals surface area contributed by atoms with Gasteiger partial charge in [-0.1, -0.05) is 13.0 Å². The predicted molar refractivity (Wildman–Crippen MR) is 99.8 cm³/mol. The van der Waals surface area contributed by atoms with Gasteiger partial charge in [-0.05, 0) is 73.1 Å². The first kappa shape index (κ1) is 16.8. The van der Waals surface area contributed by atoms with Crippen LogP contribution < -0.4 is 0 Å². The Bertz CT molecular complexity index is 740. The average Bonchev–Trinajstić information content (AvgIpc) is 3.27. The monoisotopic (exact) mass is 355 g/mol. The van der Waals surface area contributed by atoms with Crippen LogP contribution in [-0.2, 0) is 11.2 Å². The van der Waals surface area contributed by atoms with Crippen LogP contribution in [0.1, 0.15) is 56.1 Å². The molecule has 2 aromatic rings. The number of phenolic OH excluding ortho intramolecular Hbond substituents is 1. The number of thiazole rings is 1. The number of aromatic hydroxyl groups is 1. The molecule has 0 spiro atoms. The summed E-state index contributed by atoms with van der Waals surface area (Å²) in [4.78, 5) is 16.0. The Morgan fingerprint density at radius 2 is 2.12 bits per heavy atom. The first-order valence-corrected chi connectivity index (χ1v) is 10.2. The number of carbonyl (C=O) groups excluding carboxylic acids is 1. The van der Waals surface area contributed by atoms with Crippen molar-refractivity contribution in [3.63, 3.8) is 0 Å². The number of fused-ring (bicyclic) bond motifs is 5. The lowest BCUT2D eigenvalue weighted by Gasteiger charge is -2.48. The van der Waals surface area contributed by atoms with Gasteiger partial charge in [-0.3, -0.25) is 9.78 Å². The van der Waals surface area contributed by atoms with Crippen molar-refractivity contribution in [2.45, 2.75) is 51.4 Å². The third-order valence-electron chi connectivity index (χ3n) is 6.77. The van der Waals surface area contributed by atoms with E-state index in [1.54, 1.807) is 23.0 Å². The quantitative estimate of drug-likeness (QED) is 0.726. The smallest absolute Gasteiger partial charge is 0.139 e. The van der Waals surface area contributed by atoms with Crippen molar-refractivity contribution >= 4 is 17.1 Å². The molecule has 1 heterocycles. The highest BCUT2D eigenvalue weighted by atomic mass is 32.1. The van der Waals surface area contributed by atoms with Crippen LogP contribution in [0.3, 0.4) is 0 Å². The molecule has 132 valence electrons. The zero-order valence-corrected chi connectivity index (χ0v) is 15.5. The fraction of sp³-hybridized carbons (Fsp3) is 0.524. The molecule has 3 aliphatic carbocycles. The van der Waals surface area contributed by atoms with Crippen LogP contribution in [0.25, 0.3) is 0 Å². The zero-order chi connectivity index (χ0) is 17.4. The molecule has 5 rings (SSSR count). The number of aromatic nitrogens is 1. The van der Waals surface area contributed by atoms with Crippen molar-refractivity contribution < 1.29 is 9.90 Å². The van der Waals surface area contributed by atoms with Gasteiger partial charge in [0.2, 0.25) is 0 Å². The Hall–Kier alpha value is -1.68. The van der Waals surface area contributed by atoms with Gasteiger partial charge < -0.3 is 5.11 Å². The SMILES string of the molecule is C[C@]12CC[C@@H]3c4ccc(O)cc4CC[C@H]3[C@@H]1CCC2=O.c1cscn1. The standard InChI is InChI=1S/C18H22O2.C3H3NS/c1-18-9-8-14-13-5-3-12(19)10-11(13)2-4-15(14)16(18)6-7-17(18)20;1-2-5-3-4-1/h3,5,10,14-16,19H,2,4,6-9H2,1H3;1-3H/t14-,15-,16+,18+;/m1./s1. The number of hydrogen-bond acceptors (Lipinski definition) is 4. The summed E-state index contributed by atoms with van der Waals surface area (Å²) < 4.78 is 0. The molecule has 4 heteroatoms. The number of rotatable bonds is 0. The summed E-state index contributed by atoms with van der Waals surface area (Å²) >= 11 is 1.60. The molecule has 0 unspecified atom stereocenters. The lowest BCUT2D eigenvalue weighted by molar-refractivity contribution is -0.129. The number of carbonyl (C=O) groups is 1. The molecule has 1 N–H and O–H groups in total. The summed E-state index contributed by atoms with van der Waals surface area (Å²) in [5, 5.41) is 11.6. The number of Topliss-reactive ketones (excluding diaryl/α,β-unsaturated/α-hetero) is 1. The van der Waals surface area contributed by atoms with E-state index >= 15 is 0 Å². The number of benzene rings is 1. The fourth-order valence-corrected chi connectivity index (χ4v) is 5.87. The molecule has 3 aliphatic rings. The van der Waals surface area contributed by atoms with E-state index in [0.29, 0.717) is 29.3 Å². The largest absolute Gasteiger partial charge is 0.508 e. The molecule has 1 aromatic heterocycles. The minimum Gasteiger partial charge on any atom is -0.508 e. The van der Waals surface area contributed by atoms with Crippen LogP contribution in [0.5, 0.6) is 5.75 Å². The highest BCUT2D eigenvalue weighted by molar-refractivity contribution is 7.07. The number of aryl methyl sites for hydroxylation is 1. The first-order chi connectivity index (χ1) is 12.1. The Labute approximate surface area is 153 Å². The highest BCUT2D eigenvalue weighted by Gasteiger charge is 2.54. The predicted octanol–water partition coefficient (Wildman–Crippen LogP) is 4.96. The summed E-state index contributed by atoms with van der Waals surface area (Å²) in [5.74, 6) is 2.78. The van der Waals surface area contributed by atoms with Crippen molar-refractivity contribution in [3.05, 3.63) is 46.4 Å². The van der Waals surface area contributed by atoms with Gasteiger partial charge in [0.1, 0.15) is 11.5 Å². The molecule has 25 heavy (non-hydrogen) atoms. The van der Waals surface area contributed by atoms with Gasteiger partial charge in [-0.25, -0.2) is 0 Å². The Balaban J connectivity index is 0.000000272. The summed E-state index contributed by atoms with van der Waals surface area (Å²) in [7, 11) is 0.